The Labute approximate surface area is 110 Å². The fourth-order valence-corrected chi connectivity index (χ4v) is 2.31. The van der Waals surface area contributed by atoms with Gasteiger partial charge in [0.15, 0.2) is 6.61 Å². The van der Waals surface area contributed by atoms with Gasteiger partial charge in [-0.3, -0.25) is 4.18 Å². The monoisotopic (exact) mass is 296 g/mol. The summed E-state index contributed by atoms with van der Waals surface area (Å²) < 4.78 is 62.8. The van der Waals surface area contributed by atoms with Crippen molar-refractivity contribution in [1.29, 1.82) is 0 Å². The van der Waals surface area contributed by atoms with E-state index in [-0.39, 0.29) is 10.8 Å². The van der Waals surface area contributed by atoms with Gasteiger partial charge >= 0.3 is 6.18 Å². The molecule has 0 aliphatic carbocycles. The zero-order chi connectivity index (χ0) is 14.7. The van der Waals surface area contributed by atoms with Gasteiger partial charge in [0.2, 0.25) is 0 Å². The first-order valence-electron chi connectivity index (χ1n) is 5.72. The van der Waals surface area contributed by atoms with Crippen LogP contribution in [0.3, 0.4) is 0 Å². The molecule has 1 rings (SSSR count). The molecule has 0 aliphatic rings. The van der Waals surface area contributed by atoms with E-state index in [2.05, 4.69) is 4.18 Å². The predicted molar refractivity (Wildman–Crippen MR) is 64.3 cm³/mol. The molecule has 0 radical (unpaired) electrons. The summed E-state index contributed by atoms with van der Waals surface area (Å²) in [5, 5.41) is 0. The standard InChI is InChI=1S/C12H15F3O3S/c1-3-9(2)10-4-6-11(7-5-10)19(16,17)18-8-12(13,14)15/h4-7,9H,3,8H2,1-2H3. The number of hydrogen-bond acceptors (Lipinski definition) is 3. The highest BCUT2D eigenvalue weighted by Gasteiger charge is 2.31. The van der Waals surface area contributed by atoms with Crippen molar-refractivity contribution < 1.29 is 25.8 Å². The second-order valence-corrected chi connectivity index (χ2v) is 5.83. The Morgan fingerprint density at radius 2 is 1.74 bits per heavy atom. The average molecular weight is 296 g/mol. The van der Waals surface area contributed by atoms with E-state index in [1.54, 1.807) is 12.1 Å². The minimum absolute atomic E-state index is 0.257. The van der Waals surface area contributed by atoms with E-state index in [0.717, 1.165) is 12.0 Å². The van der Waals surface area contributed by atoms with Crippen LogP contribution >= 0.6 is 0 Å². The highest BCUT2D eigenvalue weighted by molar-refractivity contribution is 7.86. The summed E-state index contributed by atoms with van der Waals surface area (Å²) in [7, 11) is -4.36. The van der Waals surface area contributed by atoms with Crippen LogP contribution in [0, 0.1) is 0 Å². The molecule has 108 valence electrons. The molecule has 7 heteroatoms. The van der Waals surface area contributed by atoms with Crippen LogP contribution in [0.5, 0.6) is 0 Å². The van der Waals surface area contributed by atoms with Crippen molar-refractivity contribution in [2.45, 2.75) is 37.3 Å². The molecule has 19 heavy (non-hydrogen) atoms. The highest BCUT2D eigenvalue weighted by Crippen LogP contribution is 2.23. The lowest BCUT2D eigenvalue weighted by Crippen LogP contribution is -2.20. The van der Waals surface area contributed by atoms with E-state index >= 15 is 0 Å². The van der Waals surface area contributed by atoms with Crippen LogP contribution < -0.4 is 0 Å². The van der Waals surface area contributed by atoms with Crippen molar-refractivity contribution in [3.8, 4) is 0 Å². The molecule has 0 saturated heterocycles. The van der Waals surface area contributed by atoms with Crippen LogP contribution in [-0.2, 0) is 14.3 Å². The van der Waals surface area contributed by atoms with E-state index in [0.29, 0.717) is 0 Å². The van der Waals surface area contributed by atoms with E-state index in [1.807, 2.05) is 13.8 Å². The normalized spacial score (nSPS) is 14.4. The van der Waals surface area contributed by atoms with Crippen LogP contribution in [-0.4, -0.2) is 21.2 Å². The summed E-state index contributed by atoms with van der Waals surface area (Å²) in [5.41, 5.74) is 0.928. The largest absolute Gasteiger partial charge is 0.413 e. The summed E-state index contributed by atoms with van der Waals surface area (Å²) in [5.74, 6) is 0.257. The highest BCUT2D eigenvalue weighted by atomic mass is 32.2. The van der Waals surface area contributed by atoms with Gasteiger partial charge in [0, 0.05) is 0 Å². The van der Waals surface area contributed by atoms with Gasteiger partial charge in [0.25, 0.3) is 10.1 Å². The number of alkyl halides is 3. The fourth-order valence-electron chi connectivity index (χ4n) is 1.41. The molecule has 3 nitrogen and oxygen atoms in total. The molecule has 1 aromatic carbocycles. The number of hydrogen-bond donors (Lipinski definition) is 0. The molecule has 1 aromatic rings. The Morgan fingerprint density at radius 3 is 2.16 bits per heavy atom. The van der Waals surface area contributed by atoms with Gasteiger partial charge in [-0.05, 0) is 30.0 Å². The lowest BCUT2D eigenvalue weighted by molar-refractivity contribution is -0.152. The van der Waals surface area contributed by atoms with Crippen molar-refractivity contribution in [3.63, 3.8) is 0 Å². The van der Waals surface area contributed by atoms with Gasteiger partial charge < -0.3 is 0 Å². The van der Waals surface area contributed by atoms with Gasteiger partial charge in [-0.15, -0.1) is 0 Å². The van der Waals surface area contributed by atoms with Crippen LogP contribution in [0.4, 0.5) is 13.2 Å². The Balaban J connectivity index is 2.85. The van der Waals surface area contributed by atoms with Gasteiger partial charge in [0.1, 0.15) is 0 Å². The van der Waals surface area contributed by atoms with E-state index in [1.165, 1.54) is 12.1 Å². The lowest BCUT2D eigenvalue weighted by atomic mass is 9.99. The zero-order valence-corrected chi connectivity index (χ0v) is 11.4. The fraction of sp³-hybridized carbons (Fsp3) is 0.500. The Morgan fingerprint density at radius 1 is 1.21 bits per heavy atom. The Bertz CT molecular complexity index is 506. The topological polar surface area (TPSA) is 43.4 Å². The quantitative estimate of drug-likeness (QED) is 0.781. The molecule has 0 N–H and O–H groups in total. The molecule has 0 saturated carbocycles. The third kappa shape index (κ3) is 4.83. The third-order valence-electron chi connectivity index (χ3n) is 2.73. The van der Waals surface area contributed by atoms with Crippen molar-refractivity contribution >= 4 is 10.1 Å². The van der Waals surface area contributed by atoms with E-state index in [4.69, 9.17) is 0 Å². The summed E-state index contributed by atoms with van der Waals surface area (Å²) in [6.45, 7) is 2.15. The zero-order valence-electron chi connectivity index (χ0n) is 10.6. The number of rotatable bonds is 5. The Kier molecular flexibility index (Phi) is 4.98. The molecule has 0 aromatic heterocycles. The second-order valence-electron chi connectivity index (χ2n) is 4.21. The van der Waals surface area contributed by atoms with Crippen molar-refractivity contribution in [2.24, 2.45) is 0 Å². The first-order chi connectivity index (χ1) is 8.65. The molecule has 0 aliphatic heterocycles. The van der Waals surface area contributed by atoms with Gasteiger partial charge in [-0.2, -0.15) is 21.6 Å². The minimum Gasteiger partial charge on any atom is -0.257 e. The molecule has 0 heterocycles. The first-order valence-corrected chi connectivity index (χ1v) is 7.12. The molecule has 0 bridgehead atoms. The molecule has 1 atom stereocenters. The van der Waals surface area contributed by atoms with E-state index < -0.39 is 22.9 Å². The van der Waals surface area contributed by atoms with Crippen molar-refractivity contribution in [3.05, 3.63) is 29.8 Å². The second kappa shape index (κ2) is 5.92. The third-order valence-corrected chi connectivity index (χ3v) is 4.01. The van der Waals surface area contributed by atoms with E-state index in [9.17, 15) is 21.6 Å². The summed E-state index contributed by atoms with van der Waals surface area (Å²) in [6.07, 6.45) is -3.79. The van der Waals surface area contributed by atoms with Gasteiger partial charge in [-0.25, -0.2) is 0 Å². The SMILES string of the molecule is CCC(C)c1ccc(S(=O)(=O)OCC(F)(F)F)cc1. The number of benzene rings is 1. The first kappa shape index (κ1) is 16.0. The molecule has 1 unspecified atom stereocenters. The maximum absolute atomic E-state index is 11.9. The molecule has 0 amide bonds. The van der Waals surface area contributed by atoms with Crippen molar-refractivity contribution in [1.82, 2.24) is 0 Å². The smallest absolute Gasteiger partial charge is 0.257 e. The van der Waals surface area contributed by atoms with Gasteiger partial charge in [0.05, 0.1) is 4.90 Å². The van der Waals surface area contributed by atoms with Crippen LogP contribution in [0.15, 0.2) is 29.2 Å². The van der Waals surface area contributed by atoms with Crippen LogP contribution in [0.2, 0.25) is 0 Å². The molecular weight excluding hydrogens is 281 g/mol. The molecular formula is C12H15F3O3S. The van der Waals surface area contributed by atoms with Crippen molar-refractivity contribution in [2.75, 3.05) is 6.61 Å². The van der Waals surface area contributed by atoms with Crippen LogP contribution in [0.1, 0.15) is 31.7 Å². The summed E-state index contributed by atoms with van der Waals surface area (Å²) in [4.78, 5) is -0.274. The lowest BCUT2D eigenvalue weighted by Gasteiger charge is -2.11. The maximum atomic E-state index is 11.9. The molecule has 0 spiro atoms. The average Bonchev–Trinajstić information content (AvgIpc) is 2.35. The Hall–Kier alpha value is -1.08. The predicted octanol–water partition coefficient (Wildman–Crippen LogP) is 3.47. The summed E-state index contributed by atoms with van der Waals surface area (Å²) in [6, 6.07) is 5.68. The maximum Gasteiger partial charge on any atom is 0.413 e. The minimum atomic E-state index is -4.68. The number of halogens is 3. The molecule has 0 fully saturated rings. The van der Waals surface area contributed by atoms with Crippen LogP contribution in [0.25, 0.3) is 0 Å². The van der Waals surface area contributed by atoms with Gasteiger partial charge in [-0.1, -0.05) is 26.0 Å². The summed E-state index contributed by atoms with van der Waals surface area (Å²) >= 11 is 0.